The Bertz CT molecular complexity index is 1020. The molecule has 0 bridgehead atoms. The normalized spacial score (nSPS) is 11.4. The highest BCUT2D eigenvalue weighted by Crippen LogP contribution is 2.35. The number of hydrogen-bond acceptors (Lipinski definition) is 5. The number of aromatic nitrogens is 6. The average molecular weight is 354 g/mol. The zero-order valence-electron chi connectivity index (χ0n) is 13.8. The fraction of sp³-hybridized carbons (Fsp3) is 0.176. The van der Waals surface area contributed by atoms with Crippen LogP contribution >= 0.6 is 11.6 Å². The lowest BCUT2D eigenvalue weighted by molar-refractivity contribution is 0.533. The minimum absolute atomic E-state index is 0.264. The lowest BCUT2D eigenvalue weighted by Crippen LogP contribution is -2.13. The number of halogens is 1. The summed E-state index contributed by atoms with van der Waals surface area (Å²) >= 11 is 6.12. The second kappa shape index (κ2) is 6.18. The third kappa shape index (κ3) is 2.83. The van der Waals surface area contributed by atoms with Crippen LogP contribution in [0.5, 0.6) is 0 Å². The van der Waals surface area contributed by atoms with Crippen LogP contribution in [-0.4, -0.2) is 29.4 Å². The number of imidazole rings is 1. The van der Waals surface area contributed by atoms with Crippen molar-refractivity contribution in [3.63, 3.8) is 0 Å². The van der Waals surface area contributed by atoms with Gasteiger partial charge >= 0.3 is 0 Å². The van der Waals surface area contributed by atoms with Crippen LogP contribution in [-0.2, 0) is 0 Å². The molecule has 7 nitrogen and oxygen atoms in total. The first kappa shape index (κ1) is 15.6. The van der Waals surface area contributed by atoms with Crippen molar-refractivity contribution >= 4 is 34.4 Å². The lowest BCUT2D eigenvalue weighted by Gasteiger charge is -2.23. The molecule has 0 aliphatic heterocycles. The van der Waals surface area contributed by atoms with E-state index in [-0.39, 0.29) is 6.04 Å². The SMILES string of the molecule is CC(C)n1ccc(N(c2ccnc(Cl)c2)c2ccnn3ccnc23)n1. The summed E-state index contributed by atoms with van der Waals surface area (Å²) in [5.74, 6) is 0.770. The van der Waals surface area contributed by atoms with Crippen LogP contribution in [0.15, 0.2) is 55.2 Å². The number of fused-ring (bicyclic) bond motifs is 1. The number of pyridine rings is 1. The predicted octanol–water partition coefficient (Wildman–Crippen LogP) is 4.02. The largest absolute Gasteiger partial charge is 0.290 e. The fourth-order valence-electron chi connectivity index (χ4n) is 2.66. The van der Waals surface area contributed by atoms with Crippen molar-refractivity contribution < 1.29 is 0 Å². The molecular formula is C17H16ClN7. The van der Waals surface area contributed by atoms with Crippen molar-refractivity contribution in [3.05, 3.63) is 60.4 Å². The first-order valence-corrected chi connectivity index (χ1v) is 8.26. The van der Waals surface area contributed by atoms with E-state index in [1.807, 2.05) is 40.2 Å². The van der Waals surface area contributed by atoms with Gasteiger partial charge in [0.2, 0.25) is 0 Å². The number of anilines is 3. The predicted molar refractivity (Wildman–Crippen MR) is 96.6 cm³/mol. The Labute approximate surface area is 149 Å². The molecule has 0 unspecified atom stereocenters. The minimum atomic E-state index is 0.264. The van der Waals surface area contributed by atoms with E-state index in [1.165, 1.54) is 0 Å². The van der Waals surface area contributed by atoms with Gasteiger partial charge in [-0.2, -0.15) is 10.2 Å². The van der Waals surface area contributed by atoms with Gasteiger partial charge in [-0.15, -0.1) is 0 Å². The molecule has 4 aromatic heterocycles. The van der Waals surface area contributed by atoms with E-state index in [4.69, 9.17) is 16.7 Å². The monoisotopic (exact) mass is 353 g/mol. The maximum atomic E-state index is 6.12. The highest BCUT2D eigenvalue weighted by Gasteiger charge is 2.19. The van der Waals surface area contributed by atoms with Gasteiger partial charge in [-0.1, -0.05) is 11.6 Å². The van der Waals surface area contributed by atoms with Gasteiger partial charge in [0.05, 0.1) is 17.6 Å². The van der Waals surface area contributed by atoms with Crippen LogP contribution in [0.3, 0.4) is 0 Å². The molecule has 0 radical (unpaired) electrons. The Morgan fingerprint density at radius 1 is 1.04 bits per heavy atom. The molecule has 4 rings (SSSR count). The van der Waals surface area contributed by atoms with Crippen LogP contribution in [0.25, 0.3) is 5.65 Å². The zero-order valence-corrected chi connectivity index (χ0v) is 14.5. The zero-order chi connectivity index (χ0) is 17.4. The molecule has 0 saturated carbocycles. The summed E-state index contributed by atoms with van der Waals surface area (Å²) in [6.07, 6.45) is 8.90. The van der Waals surface area contributed by atoms with E-state index in [1.54, 1.807) is 29.2 Å². The molecule has 0 amide bonds. The Kier molecular flexibility index (Phi) is 3.85. The topological polar surface area (TPSA) is 64.1 Å². The molecule has 126 valence electrons. The van der Waals surface area contributed by atoms with Crippen LogP contribution in [0, 0.1) is 0 Å². The van der Waals surface area contributed by atoms with Gasteiger partial charge in [0.25, 0.3) is 0 Å². The average Bonchev–Trinajstić information content (AvgIpc) is 3.25. The maximum absolute atomic E-state index is 6.12. The third-order valence-electron chi connectivity index (χ3n) is 3.84. The number of hydrogen-bond donors (Lipinski definition) is 0. The molecule has 8 heteroatoms. The highest BCUT2D eigenvalue weighted by molar-refractivity contribution is 6.29. The molecule has 0 N–H and O–H groups in total. The molecule has 0 aliphatic rings. The second-order valence-electron chi connectivity index (χ2n) is 5.83. The van der Waals surface area contributed by atoms with Gasteiger partial charge in [0, 0.05) is 36.9 Å². The first-order valence-electron chi connectivity index (χ1n) is 7.88. The maximum Gasteiger partial charge on any atom is 0.177 e. The first-order chi connectivity index (χ1) is 12.1. The molecule has 0 saturated heterocycles. The molecule has 0 aliphatic carbocycles. The van der Waals surface area contributed by atoms with Crippen molar-refractivity contribution in [1.82, 2.24) is 29.4 Å². The molecule has 0 atom stereocenters. The Morgan fingerprint density at radius 3 is 2.68 bits per heavy atom. The minimum Gasteiger partial charge on any atom is -0.290 e. The molecule has 4 heterocycles. The van der Waals surface area contributed by atoms with Gasteiger partial charge in [-0.25, -0.2) is 14.5 Å². The van der Waals surface area contributed by atoms with E-state index in [0.29, 0.717) is 5.15 Å². The third-order valence-corrected chi connectivity index (χ3v) is 4.04. The van der Waals surface area contributed by atoms with Gasteiger partial charge < -0.3 is 0 Å². The summed E-state index contributed by atoms with van der Waals surface area (Å²) in [7, 11) is 0. The quantitative estimate of drug-likeness (QED) is 0.518. The van der Waals surface area contributed by atoms with E-state index in [2.05, 4.69) is 28.9 Å². The molecular weight excluding hydrogens is 338 g/mol. The summed E-state index contributed by atoms with van der Waals surface area (Å²) in [5.41, 5.74) is 2.44. The van der Waals surface area contributed by atoms with Crippen molar-refractivity contribution in [3.8, 4) is 0 Å². The summed E-state index contributed by atoms with van der Waals surface area (Å²) in [4.78, 5) is 10.5. The smallest absolute Gasteiger partial charge is 0.177 e. The van der Waals surface area contributed by atoms with Crippen molar-refractivity contribution in [2.75, 3.05) is 4.90 Å². The van der Waals surface area contributed by atoms with Crippen LogP contribution < -0.4 is 4.90 Å². The summed E-state index contributed by atoms with van der Waals surface area (Å²) in [6.45, 7) is 4.17. The second-order valence-corrected chi connectivity index (χ2v) is 6.22. The fourth-order valence-corrected chi connectivity index (χ4v) is 2.83. The molecule has 0 spiro atoms. The van der Waals surface area contributed by atoms with Gasteiger partial charge in [0.1, 0.15) is 5.15 Å². The van der Waals surface area contributed by atoms with Gasteiger partial charge in [0.15, 0.2) is 11.5 Å². The summed E-state index contributed by atoms with van der Waals surface area (Å²) in [5, 5.41) is 9.41. The number of rotatable bonds is 4. The highest BCUT2D eigenvalue weighted by atomic mass is 35.5. The molecule has 4 aromatic rings. The summed E-state index contributed by atoms with van der Waals surface area (Å²) in [6, 6.07) is 7.83. The molecule has 0 fully saturated rings. The molecule has 0 aromatic carbocycles. The van der Waals surface area contributed by atoms with E-state index < -0.39 is 0 Å². The van der Waals surface area contributed by atoms with Crippen molar-refractivity contribution in [2.24, 2.45) is 0 Å². The summed E-state index contributed by atoms with van der Waals surface area (Å²) < 4.78 is 3.64. The van der Waals surface area contributed by atoms with Crippen molar-refractivity contribution in [1.29, 1.82) is 0 Å². The van der Waals surface area contributed by atoms with Crippen LogP contribution in [0.2, 0.25) is 5.15 Å². The number of nitrogens with zero attached hydrogens (tertiary/aromatic N) is 7. The van der Waals surface area contributed by atoms with Gasteiger partial charge in [-0.3, -0.25) is 9.58 Å². The Morgan fingerprint density at radius 2 is 1.92 bits per heavy atom. The van der Waals surface area contributed by atoms with Crippen LogP contribution in [0.4, 0.5) is 17.2 Å². The lowest BCUT2D eigenvalue weighted by atomic mass is 10.3. The van der Waals surface area contributed by atoms with E-state index in [9.17, 15) is 0 Å². The van der Waals surface area contributed by atoms with E-state index in [0.717, 1.165) is 22.8 Å². The van der Waals surface area contributed by atoms with Gasteiger partial charge in [-0.05, 0) is 32.0 Å². The standard InChI is InChI=1S/C17H16ClN7/c1-12(2)23-9-5-16(22-23)25(13-3-6-19-15(18)11-13)14-4-7-21-24-10-8-20-17(14)24/h3-12H,1-2H3. The van der Waals surface area contributed by atoms with Crippen LogP contribution in [0.1, 0.15) is 19.9 Å². The Balaban J connectivity index is 1.93. The van der Waals surface area contributed by atoms with Crippen molar-refractivity contribution in [2.45, 2.75) is 19.9 Å². The van der Waals surface area contributed by atoms with E-state index >= 15 is 0 Å². The molecule has 25 heavy (non-hydrogen) atoms. The Hall–Kier alpha value is -2.93.